The Morgan fingerprint density at radius 1 is 0.281 bits per heavy atom. The molecule has 0 saturated heterocycles. The lowest BCUT2D eigenvalue weighted by atomic mass is 9.88. The van der Waals surface area contributed by atoms with E-state index in [4.69, 9.17) is 0 Å². The number of benzene rings is 10. The van der Waals surface area contributed by atoms with Crippen LogP contribution in [0.25, 0.3) is 77.2 Å². The summed E-state index contributed by atoms with van der Waals surface area (Å²) in [6, 6.07) is 57.1. The van der Waals surface area contributed by atoms with Crippen LogP contribution in [0.4, 0.5) is 17.1 Å². The molecule has 0 radical (unpaired) electrons. The van der Waals surface area contributed by atoms with E-state index < -0.39 is 24.2 Å². The molecule has 57 heavy (non-hydrogen) atoms. The van der Waals surface area contributed by atoms with Gasteiger partial charge in [-0.3, -0.25) is 0 Å². The van der Waals surface area contributed by atoms with E-state index >= 15 is 0 Å². The molecule has 0 aliphatic rings. The Kier molecular flexibility index (Phi) is 6.92. The summed E-state index contributed by atoms with van der Waals surface area (Å²) in [6.45, 7) is 0. The number of nitrogens with zero attached hydrogens (tertiary/aromatic N) is 1. The fourth-order valence-corrected chi connectivity index (χ4v) is 7.69. The van der Waals surface area contributed by atoms with Crippen molar-refractivity contribution >= 4 is 38.6 Å². The number of anilines is 3. The van der Waals surface area contributed by atoms with E-state index in [2.05, 4.69) is 24.3 Å². The molecule has 268 valence electrons. The summed E-state index contributed by atoms with van der Waals surface area (Å²) in [7, 11) is 0. The molecule has 0 saturated carbocycles. The van der Waals surface area contributed by atoms with Crippen LogP contribution < -0.4 is 4.90 Å². The topological polar surface area (TPSA) is 3.24 Å². The van der Waals surface area contributed by atoms with E-state index in [1.807, 2.05) is 127 Å². The highest BCUT2D eigenvalue weighted by Gasteiger charge is 2.20. The maximum absolute atomic E-state index is 9.77. The zero-order valence-electron chi connectivity index (χ0n) is 38.8. The fourth-order valence-electron chi connectivity index (χ4n) is 7.69. The SMILES string of the molecule is [2H]c1c([2H])c(N(c2ccccc2-c2ccccc2-c2ccccc2-c2ccccc2)c2c([2H])c([2H])c(-c3ccc4c(ccc5ccccc54)c3)c([2H])c2[2H])c([2H])c([2H])c1-c1ccccc1. The van der Waals surface area contributed by atoms with Gasteiger partial charge >= 0.3 is 0 Å². The summed E-state index contributed by atoms with van der Waals surface area (Å²) < 4.78 is 76.7. The number of hydrogen-bond donors (Lipinski definition) is 0. The molecule has 10 aromatic carbocycles. The van der Waals surface area contributed by atoms with Gasteiger partial charge in [0.25, 0.3) is 0 Å². The molecule has 0 fully saturated rings. The predicted molar refractivity (Wildman–Crippen MR) is 243 cm³/mol. The van der Waals surface area contributed by atoms with Crippen LogP contribution >= 0.6 is 0 Å². The zero-order valence-corrected chi connectivity index (χ0v) is 30.8. The van der Waals surface area contributed by atoms with Gasteiger partial charge in [0.05, 0.1) is 16.7 Å². The fraction of sp³-hybridized carbons (Fsp3) is 0. The van der Waals surface area contributed by atoms with Crippen LogP contribution in [0.15, 0.2) is 236 Å². The lowest BCUT2D eigenvalue weighted by molar-refractivity contribution is 1.28. The van der Waals surface area contributed by atoms with Crippen molar-refractivity contribution < 1.29 is 11.0 Å². The first-order valence-electron chi connectivity index (χ1n) is 23.0. The van der Waals surface area contributed by atoms with Gasteiger partial charge in [0.15, 0.2) is 0 Å². The van der Waals surface area contributed by atoms with Gasteiger partial charge in [0.2, 0.25) is 0 Å². The van der Waals surface area contributed by atoms with Gasteiger partial charge in [-0.1, -0.05) is 200 Å². The van der Waals surface area contributed by atoms with Crippen LogP contribution in [-0.4, -0.2) is 0 Å². The smallest absolute Gasteiger partial charge is 0.0645 e. The van der Waals surface area contributed by atoms with Gasteiger partial charge in [-0.15, -0.1) is 0 Å². The minimum absolute atomic E-state index is 0.105. The summed E-state index contributed by atoms with van der Waals surface area (Å²) in [5.74, 6) is 0. The number of rotatable bonds is 8. The highest BCUT2D eigenvalue weighted by Crippen LogP contribution is 2.45. The second-order valence-corrected chi connectivity index (χ2v) is 13.8. The van der Waals surface area contributed by atoms with Crippen LogP contribution in [-0.2, 0) is 0 Å². The van der Waals surface area contributed by atoms with Crippen molar-refractivity contribution in [1.82, 2.24) is 0 Å². The Morgan fingerprint density at radius 2 is 0.737 bits per heavy atom. The second kappa shape index (κ2) is 15.0. The number of fused-ring (bicyclic) bond motifs is 3. The molecular weight excluding hydrogens is 687 g/mol. The molecule has 0 aliphatic carbocycles. The monoisotopic (exact) mass is 733 g/mol. The third kappa shape index (κ3) is 6.56. The summed E-state index contributed by atoms with van der Waals surface area (Å²) in [4.78, 5) is 1.40. The van der Waals surface area contributed by atoms with Crippen molar-refractivity contribution in [2.75, 3.05) is 4.90 Å². The molecule has 0 heterocycles. The first-order chi connectivity index (χ1) is 31.6. The van der Waals surface area contributed by atoms with E-state index in [9.17, 15) is 11.0 Å². The van der Waals surface area contributed by atoms with E-state index in [0.717, 1.165) is 49.4 Å². The summed E-state index contributed by atoms with van der Waals surface area (Å²) >= 11 is 0. The molecule has 0 aromatic heterocycles. The van der Waals surface area contributed by atoms with E-state index in [-0.39, 0.29) is 46.7 Å². The van der Waals surface area contributed by atoms with Gasteiger partial charge in [0.1, 0.15) is 0 Å². The zero-order chi connectivity index (χ0) is 44.9. The first-order valence-corrected chi connectivity index (χ1v) is 19.0. The maximum atomic E-state index is 9.77. The Bertz CT molecular complexity index is 3420. The quantitative estimate of drug-likeness (QED) is 0.141. The Hall–Kier alpha value is -7.48. The third-order valence-electron chi connectivity index (χ3n) is 10.4. The Labute approximate surface area is 345 Å². The van der Waals surface area contributed by atoms with Crippen molar-refractivity contribution in [2.24, 2.45) is 0 Å². The van der Waals surface area contributed by atoms with Gasteiger partial charge in [-0.25, -0.2) is 0 Å². The van der Waals surface area contributed by atoms with Crippen molar-refractivity contribution in [3.8, 4) is 55.6 Å². The molecule has 1 nitrogen and oxygen atoms in total. The molecule has 0 atom stereocenters. The Balaban J connectivity index is 1.24. The molecule has 0 N–H and O–H groups in total. The molecule has 0 amide bonds. The molecule has 1 heteroatoms. The maximum Gasteiger partial charge on any atom is 0.0645 e. The third-order valence-corrected chi connectivity index (χ3v) is 10.4. The van der Waals surface area contributed by atoms with Gasteiger partial charge in [-0.2, -0.15) is 0 Å². The van der Waals surface area contributed by atoms with Gasteiger partial charge in [-0.05, 0) is 108 Å². The van der Waals surface area contributed by atoms with Crippen LogP contribution in [0.3, 0.4) is 0 Å². The first kappa shape index (κ1) is 26.3. The van der Waals surface area contributed by atoms with Crippen molar-refractivity contribution in [3.05, 3.63) is 236 Å². The van der Waals surface area contributed by atoms with E-state index in [0.29, 0.717) is 22.4 Å². The minimum Gasteiger partial charge on any atom is -0.310 e. The average molecular weight is 734 g/mol. The van der Waals surface area contributed by atoms with Crippen LogP contribution in [0.1, 0.15) is 11.0 Å². The lowest BCUT2D eigenvalue weighted by Gasteiger charge is -2.29. The second-order valence-electron chi connectivity index (χ2n) is 13.8. The summed E-state index contributed by atoms with van der Waals surface area (Å²) in [6.07, 6.45) is 0. The van der Waals surface area contributed by atoms with Gasteiger partial charge < -0.3 is 4.90 Å². The summed E-state index contributed by atoms with van der Waals surface area (Å²) in [5.41, 5.74) is 6.38. The summed E-state index contributed by atoms with van der Waals surface area (Å²) in [5, 5.41) is 4.02. The molecule has 0 spiro atoms. The minimum atomic E-state index is -0.402. The van der Waals surface area contributed by atoms with E-state index in [1.165, 1.54) is 4.90 Å². The molecule has 10 rings (SSSR count). The van der Waals surface area contributed by atoms with Gasteiger partial charge in [0, 0.05) is 16.9 Å². The van der Waals surface area contributed by atoms with Crippen molar-refractivity contribution in [1.29, 1.82) is 0 Å². The average Bonchev–Trinajstić information content (AvgIpc) is 3.35. The molecule has 0 bridgehead atoms. The number of hydrogen-bond acceptors (Lipinski definition) is 1. The lowest BCUT2D eigenvalue weighted by Crippen LogP contribution is -2.11. The number of para-hydroxylation sites is 1. The molecule has 0 aliphatic heterocycles. The van der Waals surface area contributed by atoms with Crippen LogP contribution in [0, 0.1) is 0 Å². The highest BCUT2D eigenvalue weighted by molar-refractivity contribution is 6.08. The van der Waals surface area contributed by atoms with E-state index in [1.54, 1.807) is 36.4 Å². The predicted octanol–water partition coefficient (Wildman–Crippen LogP) is 15.8. The normalized spacial score (nSPS) is 13.1. The standard InChI is InChI=1S/C56H39N/c1-3-15-40(16-4-1)41-29-34-47(35-30-41)57(48-36-31-42(32-37-48)45-33-38-51-46(39-45)28-27-44-19-7-8-20-49(44)51)56-26-14-13-25-55(56)54-24-12-11-23-53(54)52-22-10-9-21-50(52)43-17-5-2-6-18-43/h1-39H/i29D,30D,31D,32D,34D,35D,36D,37D. The van der Waals surface area contributed by atoms with Crippen molar-refractivity contribution in [2.45, 2.75) is 0 Å². The van der Waals surface area contributed by atoms with Crippen molar-refractivity contribution in [3.63, 3.8) is 0 Å². The highest BCUT2D eigenvalue weighted by atomic mass is 15.1. The Morgan fingerprint density at radius 3 is 1.40 bits per heavy atom. The molecule has 10 aromatic rings. The molecular formula is C56H39N. The van der Waals surface area contributed by atoms with Crippen LogP contribution in [0.5, 0.6) is 0 Å². The van der Waals surface area contributed by atoms with Crippen LogP contribution in [0.2, 0.25) is 0 Å². The molecule has 0 unspecified atom stereocenters. The largest absolute Gasteiger partial charge is 0.310 e.